The van der Waals surface area contributed by atoms with Gasteiger partial charge in [-0.25, -0.2) is 0 Å². The molecule has 0 aromatic rings. The van der Waals surface area contributed by atoms with Crippen LogP contribution in [0, 0.1) is 0 Å². The van der Waals surface area contributed by atoms with Gasteiger partial charge in [-0.15, -0.1) is 0 Å². The lowest BCUT2D eigenvalue weighted by atomic mass is 10.0. The van der Waals surface area contributed by atoms with E-state index in [1.807, 2.05) is 0 Å². The van der Waals surface area contributed by atoms with Crippen molar-refractivity contribution >= 4 is 21.9 Å². The number of carbonyl (C=O) groups excluding carboxylic acids is 1. The molecule has 0 saturated carbocycles. The van der Waals surface area contributed by atoms with Gasteiger partial charge in [0.1, 0.15) is 6.10 Å². The van der Waals surface area contributed by atoms with Crippen molar-refractivity contribution in [2.45, 2.75) is 43.5 Å². The largest absolute Gasteiger partial charge is 0.460 e. The van der Waals surface area contributed by atoms with Gasteiger partial charge in [0, 0.05) is 0 Å². The topological polar surface area (TPSA) is 26.3 Å². The van der Waals surface area contributed by atoms with Crippen LogP contribution in [-0.2, 0) is 9.53 Å². The van der Waals surface area contributed by atoms with Gasteiger partial charge in [-0.3, -0.25) is 4.79 Å². The van der Waals surface area contributed by atoms with E-state index in [9.17, 15) is 4.79 Å². The van der Waals surface area contributed by atoms with E-state index in [1.165, 1.54) is 12.8 Å². The molecule has 2 atom stereocenters. The van der Waals surface area contributed by atoms with Gasteiger partial charge in [0.25, 0.3) is 0 Å². The molecule has 1 aliphatic heterocycles. The molecule has 64 valence electrons. The van der Waals surface area contributed by atoms with Gasteiger partial charge in [0.05, 0.1) is 11.2 Å². The van der Waals surface area contributed by atoms with E-state index in [0.717, 1.165) is 6.42 Å². The molecule has 1 fully saturated rings. The Balaban J connectivity index is 2.10. The summed E-state index contributed by atoms with van der Waals surface area (Å²) < 4.78 is 4.91. The van der Waals surface area contributed by atoms with Gasteiger partial charge in [-0.2, -0.15) is 0 Å². The highest BCUT2D eigenvalue weighted by molar-refractivity contribution is 9.09. The number of halogens is 1. The van der Waals surface area contributed by atoms with E-state index in [2.05, 4.69) is 22.9 Å². The predicted octanol–water partition coefficient (Wildman–Crippen LogP) is 2.26. The Labute approximate surface area is 75.4 Å². The van der Waals surface area contributed by atoms with Gasteiger partial charge < -0.3 is 4.74 Å². The zero-order valence-electron chi connectivity index (χ0n) is 6.68. The first kappa shape index (κ1) is 9.04. The summed E-state index contributed by atoms with van der Waals surface area (Å²) in [5.74, 6) is -0.0593. The fourth-order valence-electron chi connectivity index (χ4n) is 1.11. The molecule has 2 nitrogen and oxygen atoms in total. The Morgan fingerprint density at radius 1 is 1.82 bits per heavy atom. The fraction of sp³-hybridized carbons (Fsp3) is 0.875. The van der Waals surface area contributed by atoms with Gasteiger partial charge in [0.2, 0.25) is 0 Å². The Morgan fingerprint density at radius 2 is 2.45 bits per heavy atom. The average Bonchev–Trinajstić information content (AvgIpc) is 1.94. The summed E-state index contributed by atoms with van der Waals surface area (Å²) in [7, 11) is 0. The van der Waals surface area contributed by atoms with Crippen molar-refractivity contribution < 1.29 is 9.53 Å². The quantitative estimate of drug-likeness (QED) is 0.537. The molecule has 0 spiro atoms. The number of rotatable bonds is 4. The standard InChI is InChI=1S/C8H13BrO2/c1-2-3-4-6(9)7-5-8(10)11-7/h6-7H,2-5H2,1H3/t6-,7+/m1/s1. The van der Waals surface area contributed by atoms with Crippen molar-refractivity contribution in [3.8, 4) is 0 Å². The Hall–Kier alpha value is -0.0500. The smallest absolute Gasteiger partial charge is 0.309 e. The minimum Gasteiger partial charge on any atom is -0.460 e. The lowest BCUT2D eigenvalue weighted by Crippen LogP contribution is -2.39. The van der Waals surface area contributed by atoms with E-state index < -0.39 is 0 Å². The first-order valence-electron chi connectivity index (χ1n) is 4.07. The summed E-state index contributed by atoms with van der Waals surface area (Å²) in [5.41, 5.74) is 0. The van der Waals surface area contributed by atoms with E-state index in [4.69, 9.17) is 4.74 Å². The monoisotopic (exact) mass is 220 g/mol. The third kappa shape index (κ3) is 2.47. The second kappa shape index (κ2) is 4.10. The summed E-state index contributed by atoms with van der Waals surface area (Å²) in [6.45, 7) is 2.16. The molecule has 0 bridgehead atoms. The zero-order chi connectivity index (χ0) is 8.27. The number of ether oxygens (including phenoxy) is 1. The van der Waals surface area contributed by atoms with Crippen molar-refractivity contribution in [3.63, 3.8) is 0 Å². The van der Waals surface area contributed by atoms with E-state index >= 15 is 0 Å². The third-order valence-corrected chi connectivity index (χ3v) is 2.94. The van der Waals surface area contributed by atoms with Crippen LogP contribution in [0.5, 0.6) is 0 Å². The van der Waals surface area contributed by atoms with Crippen LogP contribution in [0.15, 0.2) is 0 Å². The molecule has 0 aliphatic carbocycles. The number of carbonyl (C=O) groups is 1. The maximum absolute atomic E-state index is 10.4. The molecule has 1 saturated heterocycles. The number of esters is 1. The van der Waals surface area contributed by atoms with E-state index in [-0.39, 0.29) is 12.1 Å². The maximum atomic E-state index is 10.4. The first-order valence-corrected chi connectivity index (χ1v) is 4.99. The fourth-order valence-corrected chi connectivity index (χ4v) is 1.73. The molecule has 0 radical (unpaired) electrons. The Morgan fingerprint density at radius 3 is 2.91 bits per heavy atom. The molecule has 1 rings (SSSR count). The summed E-state index contributed by atoms with van der Waals surface area (Å²) in [6, 6.07) is 0. The molecule has 3 heteroatoms. The van der Waals surface area contributed by atoms with Crippen LogP contribution in [0.25, 0.3) is 0 Å². The number of hydrogen-bond donors (Lipinski definition) is 0. The van der Waals surface area contributed by atoms with Crippen molar-refractivity contribution in [1.29, 1.82) is 0 Å². The summed E-state index contributed by atoms with van der Waals surface area (Å²) in [4.78, 5) is 10.8. The molecule has 1 aliphatic rings. The average molecular weight is 221 g/mol. The minimum absolute atomic E-state index is 0.0593. The van der Waals surface area contributed by atoms with E-state index in [0.29, 0.717) is 11.2 Å². The normalized spacial score (nSPS) is 25.6. The first-order chi connectivity index (χ1) is 5.24. The van der Waals surface area contributed by atoms with Crippen molar-refractivity contribution in [3.05, 3.63) is 0 Å². The molecule has 0 aromatic heterocycles. The second-order valence-electron chi connectivity index (χ2n) is 2.89. The second-order valence-corrected chi connectivity index (χ2v) is 4.07. The van der Waals surface area contributed by atoms with E-state index in [1.54, 1.807) is 0 Å². The highest BCUT2D eigenvalue weighted by Gasteiger charge is 2.33. The van der Waals surface area contributed by atoms with Crippen molar-refractivity contribution in [2.24, 2.45) is 0 Å². The zero-order valence-corrected chi connectivity index (χ0v) is 8.26. The van der Waals surface area contributed by atoms with Gasteiger partial charge in [-0.05, 0) is 6.42 Å². The highest BCUT2D eigenvalue weighted by Crippen LogP contribution is 2.25. The number of hydrogen-bond acceptors (Lipinski definition) is 2. The SMILES string of the molecule is CCCC[C@@H](Br)[C@@H]1CC(=O)O1. The van der Waals surface area contributed by atoms with Crippen LogP contribution in [0.2, 0.25) is 0 Å². The molecule has 0 unspecified atom stereocenters. The van der Waals surface area contributed by atoms with Crippen LogP contribution in [-0.4, -0.2) is 16.9 Å². The Bertz CT molecular complexity index is 139. The van der Waals surface area contributed by atoms with Gasteiger partial charge in [0.15, 0.2) is 0 Å². The van der Waals surface area contributed by atoms with Crippen LogP contribution in [0.1, 0.15) is 32.6 Å². The highest BCUT2D eigenvalue weighted by atomic mass is 79.9. The number of alkyl halides is 1. The summed E-state index contributed by atoms with van der Waals surface area (Å²) >= 11 is 3.51. The van der Waals surface area contributed by atoms with Crippen LogP contribution >= 0.6 is 15.9 Å². The lowest BCUT2D eigenvalue weighted by molar-refractivity contribution is -0.169. The summed E-state index contributed by atoms with van der Waals surface area (Å²) in [5, 5.41) is 0. The molecular weight excluding hydrogens is 208 g/mol. The summed E-state index contributed by atoms with van der Waals surface area (Å²) in [6.07, 6.45) is 4.25. The maximum Gasteiger partial charge on any atom is 0.309 e. The Kier molecular flexibility index (Phi) is 3.37. The molecule has 11 heavy (non-hydrogen) atoms. The van der Waals surface area contributed by atoms with Crippen molar-refractivity contribution in [1.82, 2.24) is 0 Å². The van der Waals surface area contributed by atoms with Crippen LogP contribution in [0.3, 0.4) is 0 Å². The van der Waals surface area contributed by atoms with Gasteiger partial charge in [-0.1, -0.05) is 35.7 Å². The minimum atomic E-state index is -0.0593. The third-order valence-electron chi connectivity index (χ3n) is 1.89. The van der Waals surface area contributed by atoms with Crippen LogP contribution in [0.4, 0.5) is 0 Å². The molecule has 0 N–H and O–H groups in total. The number of unbranched alkanes of at least 4 members (excludes halogenated alkanes) is 1. The lowest BCUT2D eigenvalue weighted by Gasteiger charge is -2.29. The molecule has 1 heterocycles. The molecule has 0 amide bonds. The predicted molar refractivity (Wildman–Crippen MR) is 46.7 cm³/mol. The van der Waals surface area contributed by atoms with Crippen LogP contribution < -0.4 is 0 Å². The van der Waals surface area contributed by atoms with Crippen molar-refractivity contribution in [2.75, 3.05) is 0 Å². The molecular formula is C8H13BrO2. The molecule has 0 aromatic carbocycles. The van der Waals surface area contributed by atoms with Gasteiger partial charge >= 0.3 is 5.97 Å². The number of cyclic esters (lactones) is 1.